The van der Waals surface area contributed by atoms with E-state index in [-0.39, 0.29) is 5.91 Å². The molecule has 206 valence electrons. The number of piperidine rings is 1. The highest BCUT2D eigenvalue weighted by molar-refractivity contribution is 6.34. The Bertz CT molecular complexity index is 1490. The van der Waals surface area contributed by atoms with Gasteiger partial charge in [-0.05, 0) is 99.6 Å². The van der Waals surface area contributed by atoms with Crippen molar-refractivity contribution in [1.82, 2.24) is 14.9 Å². The number of amides is 1. The number of benzene rings is 3. The van der Waals surface area contributed by atoms with Gasteiger partial charge in [-0.1, -0.05) is 65.7 Å². The summed E-state index contributed by atoms with van der Waals surface area (Å²) < 4.78 is 2.03. The molecule has 1 fully saturated rings. The molecule has 1 aliphatic heterocycles. The van der Waals surface area contributed by atoms with Crippen molar-refractivity contribution in [3.8, 4) is 5.69 Å². The molecule has 1 aliphatic rings. The molecule has 1 amide bonds. The van der Waals surface area contributed by atoms with E-state index in [0.717, 1.165) is 48.2 Å². The smallest absolute Gasteiger partial charge is 0.271 e. The lowest BCUT2D eigenvalue weighted by molar-refractivity contribution is 0.0955. The maximum atomic E-state index is 12.7. The minimum atomic E-state index is -0.240. The third-order valence-corrected chi connectivity index (χ3v) is 8.24. The van der Waals surface area contributed by atoms with E-state index in [1.54, 1.807) is 18.3 Å². The quantitative estimate of drug-likeness (QED) is 0.174. The number of hydrazone groups is 1. The number of aromatic nitrogens is 1. The summed E-state index contributed by atoms with van der Waals surface area (Å²) in [6.07, 6.45) is 5.27. The molecule has 5 rings (SSSR count). The van der Waals surface area contributed by atoms with Crippen LogP contribution in [0.25, 0.3) is 5.69 Å². The fourth-order valence-electron chi connectivity index (χ4n) is 5.49. The molecule has 0 spiro atoms. The maximum Gasteiger partial charge on any atom is 0.271 e. The fourth-order valence-corrected chi connectivity index (χ4v) is 5.86. The summed E-state index contributed by atoms with van der Waals surface area (Å²) in [5.41, 5.74) is 9.53. The predicted octanol–water partition coefficient (Wildman–Crippen LogP) is 7.62. The Kier molecular flexibility index (Phi) is 9.05. The summed E-state index contributed by atoms with van der Waals surface area (Å²) in [4.78, 5) is 15.2. The second-order valence-corrected chi connectivity index (χ2v) is 11.4. The van der Waals surface area contributed by atoms with E-state index in [1.807, 2.05) is 54.8 Å². The number of halogens is 2. The summed E-state index contributed by atoms with van der Waals surface area (Å²) in [7, 11) is 0. The zero-order chi connectivity index (χ0) is 28.1. The number of nitrogens with one attached hydrogen (secondary N) is 1. The van der Waals surface area contributed by atoms with Gasteiger partial charge in [-0.3, -0.25) is 9.69 Å². The summed E-state index contributed by atoms with van der Waals surface area (Å²) in [6.45, 7) is 7.11. The molecular formula is C33H34Cl2N4O. The molecule has 40 heavy (non-hydrogen) atoms. The molecule has 2 heterocycles. The number of hydrogen-bond acceptors (Lipinski definition) is 3. The van der Waals surface area contributed by atoms with Crippen molar-refractivity contribution in [1.29, 1.82) is 0 Å². The first-order valence-electron chi connectivity index (χ1n) is 13.7. The first kappa shape index (κ1) is 28.2. The predicted molar refractivity (Wildman–Crippen MR) is 165 cm³/mol. The van der Waals surface area contributed by atoms with E-state index in [1.165, 1.54) is 30.4 Å². The Morgan fingerprint density at radius 1 is 0.950 bits per heavy atom. The lowest BCUT2D eigenvalue weighted by Gasteiger charge is -2.32. The van der Waals surface area contributed by atoms with E-state index < -0.39 is 0 Å². The molecule has 1 N–H and O–H groups in total. The molecule has 5 nitrogen and oxygen atoms in total. The fraction of sp³-hybridized carbons (Fsp3) is 0.273. The van der Waals surface area contributed by atoms with Gasteiger partial charge in [0.1, 0.15) is 0 Å². The Morgan fingerprint density at radius 3 is 2.40 bits per heavy atom. The second kappa shape index (κ2) is 12.9. The molecule has 7 heteroatoms. The number of rotatable bonds is 8. The van der Waals surface area contributed by atoms with E-state index in [2.05, 4.69) is 45.8 Å². The number of likely N-dealkylation sites (tertiary alicyclic amines) is 1. The number of carbonyl (C=O) groups is 1. The molecule has 1 saturated heterocycles. The first-order chi connectivity index (χ1) is 19.4. The number of carbonyl (C=O) groups excluding carboxylic acids is 1. The first-order valence-corrected chi connectivity index (χ1v) is 14.5. The zero-order valence-corrected chi connectivity index (χ0v) is 24.4. The molecular weight excluding hydrogens is 539 g/mol. The van der Waals surface area contributed by atoms with Crippen LogP contribution < -0.4 is 5.43 Å². The SMILES string of the molecule is Cc1cc(/C=N\NC(=O)c2ccc(CN3CCC(Cc4ccccc4)CC3)cc2)c(C)n1-c1cc(Cl)ccc1Cl. The molecule has 0 aliphatic carbocycles. The van der Waals surface area contributed by atoms with Crippen LogP contribution in [-0.2, 0) is 13.0 Å². The Labute approximate surface area is 246 Å². The van der Waals surface area contributed by atoms with Gasteiger partial charge in [0.25, 0.3) is 5.91 Å². The van der Waals surface area contributed by atoms with Crippen LogP contribution in [0.15, 0.2) is 84.0 Å². The summed E-state index contributed by atoms with van der Waals surface area (Å²) >= 11 is 12.6. The van der Waals surface area contributed by atoms with E-state index >= 15 is 0 Å². The molecule has 0 saturated carbocycles. The van der Waals surface area contributed by atoms with Gasteiger partial charge >= 0.3 is 0 Å². The lowest BCUT2D eigenvalue weighted by Crippen LogP contribution is -2.33. The van der Waals surface area contributed by atoms with Crippen LogP contribution >= 0.6 is 23.2 Å². The van der Waals surface area contributed by atoms with E-state index in [0.29, 0.717) is 15.6 Å². The van der Waals surface area contributed by atoms with Gasteiger partial charge in [-0.15, -0.1) is 0 Å². The van der Waals surface area contributed by atoms with Gasteiger partial charge in [0.05, 0.1) is 16.9 Å². The van der Waals surface area contributed by atoms with Crippen LogP contribution in [0.2, 0.25) is 10.0 Å². The van der Waals surface area contributed by atoms with Crippen molar-refractivity contribution in [3.05, 3.63) is 123 Å². The lowest BCUT2D eigenvalue weighted by atomic mass is 9.90. The van der Waals surface area contributed by atoms with Crippen LogP contribution in [0.3, 0.4) is 0 Å². The van der Waals surface area contributed by atoms with Crippen LogP contribution in [-0.4, -0.2) is 34.7 Å². The van der Waals surface area contributed by atoms with Crippen LogP contribution in [0.1, 0.15) is 51.3 Å². The number of nitrogens with zero attached hydrogens (tertiary/aromatic N) is 3. The normalized spacial score (nSPS) is 14.6. The molecule has 0 bridgehead atoms. The van der Waals surface area contributed by atoms with Crippen LogP contribution in [0.4, 0.5) is 0 Å². The van der Waals surface area contributed by atoms with Crippen molar-refractivity contribution in [2.45, 2.75) is 39.7 Å². The molecule has 3 aromatic carbocycles. The monoisotopic (exact) mass is 572 g/mol. The van der Waals surface area contributed by atoms with Gasteiger partial charge in [-0.25, -0.2) is 5.43 Å². The number of aryl methyl sites for hydroxylation is 1. The van der Waals surface area contributed by atoms with Crippen LogP contribution in [0.5, 0.6) is 0 Å². The average molecular weight is 574 g/mol. The number of hydrogen-bond donors (Lipinski definition) is 1. The Morgan fingerprint density at radius 2 is 1.68 bits per heavy atom. The van der Waals surface area contributed by atoms with E-state index in [4.69, 9.17) is 23.2 Å². The van der Waals surface area contributed by atoms with Crippen molar-refractivity contribution in [2.75, 3.05) is 13.1 Å². The van der Waals surface area contributed by atoms with Gasteiger partial charge in [-0.2, -0.15) is 5.10 Å². The second-order valence-electron chi connectivity index (χ2n) is 10.6. The Balaban J connectivity index is 1.13. The minimum Gasteiger partial charge on any atom is -0.316 e. The zero-order valence-electron chi connectivity index (χ0n) is 22.9. The van der Waals surface area contributed by atoms with Gasteiger partial charge in [0, 0.05) is 34.1 Å². The summed E-state index contributed by atoms with van der Waals surface area (Å²) in [5, 5.41) is 5.44. The molecule has 4 aromatic rings. The topological polar surface area (TPSA) is 49.6 Å². The molecule has 0 atom stereocenters. The molecule has 1 aromatic heterocycles. The standard InChI is InChI=1S/C33H34Cl2N4O/c1-23-18-29(24(2)39(23)32-20-30(34)12-13-31(32)35)21-36-37-33(40)28-10-8-27(9-11-28)22-38-16-14-26(15-17-38)19-25-6-4-3-5-7-25/h3-13,18,20-21,26H,14-17,19,22H2,1-2H3,(H,37,40)/b36-21-. The maximum absolute atomic E-state index is 12.7. The van der Waals surface area contributed by atoms with Crippen molar-refractivity contribution < 1.29 is 4.79 Å². The van der Waals surface area contributed by atoms with Gasteiger partial charge in [0.2, 0.25) is 0 Å². The van der Waals surface area contributed by atoms with Crippen LogP contribution in [0, 0.1) is 19.8 Å². The average Bonchev–Trinajstić information content (AvgIpc) is 3.24. The van der Waals surface area contributed by atoms with Crippen molar-refractivity contribution in [3.63, 3.8) is 0 Å². The largest absolute Gasteiger partial charge is 0.316 e. The van der Waals surface area contributed by atoms with Gasteiger partial charge < -0.3 is 4.57 Å². The van der Waals surface area contributed by atoms with E-state index in [9.17, 15) is 4.79 Å². The minimum absolute atomic E-state index is 0.240. The summed E-state index contributed by atoms with van der Waals surface area (Å²) in [5.74, 6) is 0.516. The highest BCUT2D eigenvalue weighted by Gasteiger charge is 2.20. The molecule has 0 radical (unpaired) electrons. The van der Waals surface area contributed by atoms with Crippen molar-refractivity contribution in [2.24, 2.45) is 11.0 Å². The Hall–Kier alpha value is -3.38. The molecule has 0 unspecified atom stereocenters. The highest BCUT2D eigenvalue weighted by Crippen LogP contribution is 2.28. The summed E-state index contributed by atoms with van der Waals surface area (Å²) in [6, 6.07) is 26.0. The third kappa shape index (κ3) is 6.84. The van der Waals surface area contributed by atoms with Crippen molar-refractivity contribution >= 4 is 35.3 Å². The van der Waals surface area contributed by atoms with Gasteiger partial charge in [0.15, 0.2) is 0 Å². The highest BCUT2D eigenvalue weighted by atomic mass is 35.5. The third-order valence-electron chi connectivity index (χ3n) is 7.69.